The number of nitrogens with one attached hydrogen (secondary N) is 1. The Labute approximate surface area is 163 Å². The smallest absolute Gasteiger partial charge is 0.251 e. The first-order valence-corrected chi connectivity index (χ1v) is 9.39. The normalized spacial score (nSPS) is 12.2. The second-order valence-corrected chi connectivity index (χ2v) is 6.88. The Morgan fingerprint density at radius 3 is 2.82 bits per heavy atom. The second-order valence-electron chi connectivity index (χ2n) is 6.88. The van der Waals surface area contributed by atoms with Crippen molar-refractivity contribution in [3.63, 3.8) is 0 Å². The molecule has 0 fully saturated rings. The van der Waals surface area contributed by atoms with Crippen molar-refractivity contribution in [2.45, 2.75) is 32.4 Å². The highest BCUT2D eigenvalue weighted by Gasteiger charge is 2.13. The van der Waals surface area contributed by atoms with Crippen LogP contribution in [-0.4, -0.2) is 26.7 Å². The van der Waals surface area contributed by atoms with Crippen molar-refractivity contribution in [2.75, 3.05) is 0 Å². The number of nitrogens with zero attached hydrogens (tertiary/aromatic N) is 3. The van der Waals surface area contributed by atoms with Gasteiger partial charge in [0, 0.05) is 37.0 Å². The molecule has 0 aliphatic rings. The number of hydrogen-bond acceptors (Lipinski definition) is 4. The molecule has 4 aromatic rings. The molecule has 0 saturated carbocycles. The van der Waals surface area contributed by atoms with Gasteiger partial charge in [-0.25, -0.2) is 4.98 Å². The van der Waals surface area contributed by atoms with Gasteiger partial charge >= 0.3 is 0 Å². The fourth-order valence-corrected chi connectivity index (χ4v) is 3.10. The highest BCUT2D eigenvalue weighted by Crippen LogP contribution is 2.19. The van der Waals surface area contributed by atoms with Gasteiger partial charge in [-0.1, -0.05) is 30.3 Å². The quantitative estimate of drug-likeness (QED) is 0.534. The zero-order valence-corrected chi connectivity index (χ0v) is 15.7. The summed E-state index contributed by atoms with van der Waals surface area (Å²) < 4.78 is 7.67. The minimum Gasteiger partial charge on any atom is -0.440 e. The summed E-state index contributed by atoms with van der Waals surface area (Å²) in [5.41, 5.74) is 3.10. The fourth-order valence-electron chi connectivity index (χ4n) is 3.10. The van der Waals surface area contributed by atoms with Crippen molar-refractivity contribution in [1.82, 2.24) is 20.1 Å². The summed E-state index contributed by atoms with van der Waals surface area (Å²) in [7, 11) is 0. The molecule has 2 aromatic heterocycles. The maximum absolute atomic E-state index is 12.6. The van der Waals surface area contributed by atoms with E-state index >= 15 is 0 Å². The van der Waals surface area contributed by atoms with Gasteiger partial charge in [-0.2, -0.15) is 5.10 Å². The molecule has 1 N–H and O–H groups in total. The lowest BCUT2D eigenvalue weighted by molar-refractivity contribution is 0.0937. The van der Waals surface area contributed by atoms with E-state index in [0.29, 0.717) is 29.0 Å². The topological polar surface area (TPSA) is 73.0 Å². The van der Waals surface area contributed by atoms with Gasteiger partial charge in [0.2, 0.25) is 0 Å². The van der Waals surface area contributed by atoms with Crippen molar-refractivity contribution in [1.29, 1.82) is 0 Å². The van der Waals surface area contributed by atoms with Gasteiger partial charge in [-0.05, 0) is 43.2 Å². The highest BCUT2D eigenvalue weighted by molar-refractivity contribution is 5.97. The third-order valence-corrected chi connectivity index (χ3v) is 4.62. The third-order valence-electron chi connectivity index (χ3n) is 4.62. The molecule has 0 bridgehead atoms. The lowest BCUT2D eigenvalue weighted by atomic mass is 10.1. The zero-order chi connectivity index (χ0) is 19.3. The molecular formula is C22H22N4O2. The van der Waals surface area contributed by atoms with Gasteiger partial charge in [-0.3, -0.25) is 9.48 Å². The first-order valence-electron chi connectivity index (χ1n) is 9.39. The van der Waals surface area contributed by atoms with Crippen LogP contribution in [0.4, 0.5) is 0 Å². The Morgan fingerprint density at radius 2 is 2.04 bits per heavy atom. The van der Waals surface area contributed by atoms with Crippen molar-refractivity contribution in [3.8, 4) is 0 Å². The van der Waals surface area contributed by atoms with E-state index < -0.39 is 0 Å². The Bertz CT molecular complexity index is 1050. The van der Waals surface area contributed by atoms with E-state index in [-0.39, 0.29) is 11.9 Å². The number of hydrogen-bond donors (Lipinski definition) is 1. The molecular weight excluding hydrogens is 352 g/mol. The highest BCUT2D eigenvalue weighted by atomic mass is 16.3. The van der Waals surface area contributed by atoms with Gasteiger partial charge < -0.3 is 9.73 Å². The van der Waals surface area contributed by atoms with Crippen LogP contribution in [-0.2, 0) is 13.0 Å². The molecule has 2 aromatic carbocycles. The summed E-state index contributed by atoms with van der Waals surface area (Å²) in [6.07, 6.45) is 5.10. The lowest BCUT2D eigenvalue weighted by Crippen LogP contribution is -2.33. The number of carbonyl (C=O) groups is 1. The number of aryl methyl sites for hydroxylation is 1. The van der Waals surface area contributed by atoms with Gasteiger partial charge in [0.05, 0.1) is 0 Å². The molecule has 0 aliphatic carbocycles. The van der Waals surface area contributed by atoms with Crippen LogP contribution in [0.1, 0.15) is 35.2 Å². The molecule has 0 aliphatic heterocycles. The Balaban J connectivity index is 1.41. The van der Waals surface area contributed by atoms with E-state index in [1.165, 1.54) is 0 Å². The number of fused-ring (bicyclic) bond motifs is 1. The monoisotopic (exact) mass is 374 g/mol. The van der Waals surface area contributed by atoms with Crippen molar-refractivity contribution in [3.05, 3.63) is 84.0 Å². The van der Waals surface area contributed by atoms with Gasteiger partial charge in [0.25, 0.3) is 5.91 Å². The van der Waals surface area contributed by atoms with Crippen LogP contribution < -0.4 is 5.32 Å². The SMILES string of the molecule is C[C@H](CCn1cccn1)NC(=O)c1ccc2oc(Cc3ccccc3)nc2c1. The van der Waals surface area contributed by atoms with Crippen LogP contribution in [0.5, 0.6) is 0 Å². The van der Waals surface area contributed by atoms with Gasteiger partial charge in [0.1, 0.15) is 5.52 Å². The average Bonchev–Trinajstić information content (AvgIpc) is 3.35. The minimum atomic E-state index is -0.109. The number of aromatic nitrogens is 3. The Kier molecular flexibility index (Phi) is 5.19. The van der Waals surface area contributed by atoms with E-state index in [1.807, 2.05) is 54.2 Å². The number of benzene rings is 2. The van der Waals surface area contributed by atoms with Crippen LogP contribution in [0.2, 0.25) is 0 Å². The molecule has 142 valence electrons. The summed E-state index contributed by atoms with van der Waals surface area (Å²) in [4.78, 5) is 17.1. The lowest BCUT2D eigenvalue weighted by Gasteiger charge is -2.13. The van der Waals surface area contributed by atoms with E-state index in [1.54, 1.807) is 24.4 Å². The predicted octanol–water partition coefficient (Wildman–Crippen LogP) is 3.82. The van der Waals surface area contributed by atoms with E-state index in [9.17, 15) is 4.79 Å². The maximum Gasteiger partial charge on any atom is 0.251 e. The van der Waals surface area contributed by atoms with Crippen molar-refractivity contribution < 1.29 is 9.21 Å². The van der Waals surface area contributed by atoms with Crippen LogP contribution >= 0.6 is 0 Å². The van der Waals surface area contributed by atoms with Gasteiger partial charge in [0.15, 0.2) is 11.5 Å². The summed E-state index contributed by atoms with van der Waals surface area (Å²) in [5, 5.41) is 7.21. The molecule has 1 amide bonds. The molecule has 0 unspecified atom stereocenters. The molecule has 6 nitrogen and oxygen atoms in total. The zero-order valence-electron chi connectivity index (χ0n) is 15.7. The predicted molar refractivity (Wildman–Crippen MR) is 107 cm³/mol. The van der Waals surface area contributed by atoms with Crippen molar-refractivity contribution in [2.24, 2.45) is 0 Å². The van der Waals surface area contributed by atoms with Crippen molar-refractivity contribution >= 4 is 17.0 Å². The summed E-state index contributed by atoms with van der Waals surface area (Å²) in [6.45, 7) is 2.76. The first-order chi connectivity index (χ1) is 13.7. The maximum atomic E-state index is 12.6. The van der Waals surface area contributed by atoms with Crippen LogP contribution in [0.15, 0.2) is 71.4 Å². The standard InChI is InChI=1S/C22H22N4O2/c1-16(10-13-26-12-5-11-23-26)24-22(27)18-8-9-20-19(15-18)25-21(28-20)14-17-6-3-2-4-7-17/h2-9,11-12,15-16H,10,13-14H2,1H3,(H,24,27)/t16-/m1/s1. The van der Waals surface area contributed by atoms with E-state index in [0.717, 1.165) is 18.5 Å². The summed E-state index contributed by atoms with van der Waals surface area (Å²) in [5.74, 6) is 0.536. The second kappa shape index (κ2) is 8.08. The van der Waals surface area contributed by atoms with Gasteiger partial charge in [-0.15, -0.1) is 0 Å². The summed E-state index contributed by atoms with van der Waals surface area (Å²) >= 11 is 0. The molecule has 28 heavy (non-hydrogen) atoms. The molecule has 0 spiro atoms. The molecule has 4 rings (SSSR count). The number of oxazole rings is 1. The fraction of sp³-hybridized carbons (Fsp3) is 0.227. The van der Waals surface area contributed by atoms with Crippen LogP contribution in [0, 0.1) is 0 Å². The first kappa shape index (κ1) is 18.0. The molecule has 6 heteroatoms. The molecule has 2 heterocycles. The third kappa shape index (κ3) is 4.28. The molecule has 1 atom stereocenters. The van der Waals surface area contributed by atoms with E-state index in [4.69, 9.17) is 4.42 Å². The number of carbonyl (C=O) groups excluding carboxylic acids is 1. The minimum absolute atomic E-state index is 0.0401. The summed E-state index contributed by atoms with van der Waals surface area (Å²) in [6, 6.07) is 17.3. The number of amides is 1. The van der Waals surface area contributed by atoms with E-state index in [2.05, 4.69) is 15.4 Å². The van der Waals surface area contributed by atoms with Crippen LogP contribution in [0.3, 0.4) is 0 Å². The van der Waals surface area contributed by atoms with Crippen LogP contribution in [0.25, 0.3) is 11.1 Å². The largest absolute Gasteiger partial charge is 0.440 e. The average molecular weight is 374 g/mol. The Morgan fingerprint density at radius 1 is 1.18 bits per heavy atom. The molecule has 0 radical (unpaired) electrons. The molecule has 0 saturated heterocycles. The Hall–Kier alpha value is -3.41. The number of rotatable bonds is 7.